The standard InChI is InChI=1S/C19H17NO3/c1-3-23-18(13-7-5-4-6-8-13)17-15-10-9-14(12(2)21)11-16(15)20-19(17)22/h4-11H,3H2,1-2H3,(H,20,22)/b18-17-. The zero-order valence-electron chi connectivity index (χ0n) is 13.1. The summed E-state index contributed by atoms with van der Waals surface area (Å²) >= 11 is 0. The molecule has 0 bridgehead atoms. The molecule has 1 heterocycles. The summed E-state index contributed by atoms with van der Waals surface area (Å²) in [5.74, 6) is 0.306. The summed E-state index contributed by atoms with van der Waals surface area (Å²) in [5.41, 5.74) is 3.33. The molecule has 3 rings (SSSR count). The third-order valence-electron chi connectivity index (χ3n) is 3.72. The molecule has 116 valence electrons. The van der Waals surface area contributed by atoms with Gasteiger partial charge in [0.2, 0.25) is 0 Å². The van der Waals surface area contributed by atoms with Crippen LogP contribution in [0.3, 0.4) is 0 Å². The van der Waals surface area contributed by atoms with Gasteiger partial charge in [0.1, 0.15) is 5.76 Å². The molecule has 1 aliphatic heterocycles. The molecule has 4 heteroatoms. The van der Waals surface area contributed by atoms with Crippen molar-refractivity contribution in [3.05, 3.63) is 65.2 Å². The average molecular weight is 307 g/mol. The van der Waals surface area contributed by atoms with Crippen molar-refractivity contribution in [2.24, 2.45) is 0 Å². The highest BCUT2D eigenvalue weighted by Gasteiger charge is 2.29. The predicted molar refractivity (Wildman–Crippen MR) is 90.0 cm³/mol. The van der Waals surface area contributed by atoms with Crippen LogP contribution in [0.5, 0.6) is 0 Å². The second-order valence-corrected chi connectivity index (χ2v) is 5.27. The van der Waals surface area contributed by atoms with E-state index >= 15 is 0 Å². The first-order valence-electron chi connectivity index (χ1n) is 7.51. The molecule has 1 N–H and O–H groups in total. The Morgan fingerprint density at radius 2 is 1.83 bits per heavy atom. The molecule has 0 atom stereocenters. The van der Waals surface area contributed by atoms with Gasteiger partial charge in [0, 0.05) is 22.4 Å². The number of hydrogen-bond acceptors (Lipinski definition) is 3. The SMILES string of the molecule is CCO/C(=C1\C(=O)Nc2cc(C(C)=O)ccc21)c1ccccc1. The molecule has 0 radical (unpaired) electrons. The molecule has 0 fully saturated rings. The number of anilines is 1. The lowest BCUT2D eigenvalue weighted by molar-refractivity contribution is -0.110. The van der Waals surface area contributed by atoms with Crippen LogP contribution in [0.2, 0.25) is 0 Å². The maximum atomic E-state index is 12.5. The molecule has 2 aromatic rings. The maximum absolute atomic E-state index is 12.5. The minimum Gasteiger partial charge on any atom is -0.492 e. The summed E-state index contributed by atoms with van der Waals surface area (Å²) in [6.45, 7) is 3.85. The van der Waals surface area contributed by atoms with Crippen molar-refractivity contribution in [2.45, 2.75) is 13.8 Å². The Hall–Kier alpha value is -2.88. The Labute approximate surface area is 134 Å². The van der Waals surface area contributed by atoms with E-state index < -0.39 is 0 Å². The van der Waals surface area contributed by atoms with E-state index in [9.17, 15) is 9.59 Å². The Kier molecular flexibility index (Phi) is 3.98. The van der Waals surface area contributed by atoms with Gasteiger partial charge >= 0.3 is 0 Å². The van der Waals surface area contributed by atoms with Gasteiger partial charge in [-0.1, -0.05) is 42.5 Å². The molecule has 0 aromatic heterocycles. The first-order chi connectivity index (χ1) is 11.1. The highest BCUT2D eigenvalue weighted by molar-refractivity contribution is 6.36. The summed E-state index contributed by atoms with van der Waals surface area (Å²) in [6.07, 6.45) is 0. The van der Waals surface area contributed by atoms with Crippen molar-refractivity contribution in [2.75, 3.05) is 11.9 Å². The molecule has 0 aliphatic carbocycles. The van der Waals surface area contributed by atoms with Crippen LogP contribution in [0, 0.1) is 0 Å². The summed E-state index contributed by atoms with van der Waals surface area (Å²) in [5, 5.41) is 2.82. The number of rotatable bonds is 4. The molecule has 1 aliphatic rings. The van der Waals surface area contributed by atoms with Crippen molar-refractivity contribution >= 4 is 28.7 Å². The second-order valence-electron chi connectivity index (χ2n) is 5.27. The number of fused-ring (bicyclic) bond motifs is 1. The highest BCUT2D eigenvalue weighted by atomic mass is 16.5. The number of benzene rings is 2. The monoisotopic (exact) mass is 307 g/mol. The van der Waals surface area contributed by atoms with Gasteiger partial charge in [0.15, 0.2) is 5.78 Å². The molecule has 1 amide bonds. The molecular weight excluding hydrogens is 290 g/mol. The minimum absolute atomic E-state index is 0.0347. The molecule has 0 spiro atoms. The van der Waals surface area contributed by atoms with Gasteiger partial charge in [-0.3, -0.25) is 9.59 Å². The first-order valence-corrected chi connectivity index (χ1v) is 7.51. The van der Waals surface area contributed by atoms with Gasteiger partial charge in [0.25, 0.3) is 5.91 Å². The van der Waals surface area contributed by atoms with Gasteiger partial charge in [-0.2, -0.15) is 0 Å². The maximum Gasteiger partial charge on any atom is 0.260 e. The molecule has 0 saturated carbocycles. The van der Waals surface area contributed by atoms with Gasteiger partial charge in [-0.15, -0.1) is 0 Å². The van der Waals surface area contributed by atoms with Crippen molar-refractivity contribution in [3.63, 3.8) is 0 Å². The lowest BCUT2D eigenvalue weighted by atomic mass is 10.00. The highest BCUT2D eigenvalue weighted by Crippen LogP contribution is 2.38. The zero-order chi connectivity index (χ0) is 16.4. The number of ether oxygens (including phenoxy) is 1. The Balaban J connectivity index is 2.18. The van der Waals surface area contributed by atoms with Crippen LogP contribution in [0.15, 0.2) is 48.5 Å². The lowest BCUT2D eigenvalue weighted by Crippen LogP contribution is -2.07. The normalized spacial score (nSPS) is 15.0. The van der Waals surface area contributed by atoms with Crippen LogP contribution < -0.4 is 5.32 Å². The third kappa shape index (κ3) is 2.75. The van der Waals surface area contributed by atoms with Gasteiger partial charge < -0.3 is 10.1 Å². The van der Waals surface area contributed by atoms with Crippen LogP contribution in [0.1, 0.15) is 35.3 Å². The number of carbonyl (C=O) groups is 2. The van der Waals surface area contributed by atoms with E-state index in [0.29, 0.717) is 29.2 Å². The van der Waals surface area contributed by atoms with Gasteiger partial charge in [-0.25, -0.2) is 0 Å². The second kappa shape index (κ2) is 6.08. The third-order valence-corrected chi connectivity index (χ3v) is 3.72. The predicted octanol–water partition coefficient (Wildman–Crippen LogP) is 3.75. The van der Waals surface area contributed by atoms with Crippen molar-refractivity contribution in [1.82, 2.24) is 0 Å². The fourth-order valence-corrected chi connectivity index (χ4v) is 2.65. The minimum atomic E-state index is -0.215. The van der Waals surface area contributed by atoms with E-state index in [2.05, 4.69) is 5.32 Å². The lowest BCUT2D eigenvalue weighted by Gasteiger charge is -2.12. The van der Waals surface area contributed by atoms with Gasteiger partial charge in [-0.05, 0) is 19.9 Å². The Morgan fingerprint density at radius 1 is 1.09 bits per heavy atom. The van der Waals surface area contributed by atoms with Crippen molar-refractivity contribution in [1.29, 1.82) is 0 Å². The number of ketones is 1. The summed E-state index contributed by atoms with van der Waals surface area (Å²) < 4.78 is 5.77. The average Bonchev–Trinajstić information content (AvgIpc) is 2.88. The smallest absolute Gasteiger partial charge is 0.260 e. The van der Waals surface area contributed by atoms with Crippen LogP contribution in [-0.4, -0.2) is 18.3 Å². The number of Topliss-reactive ketones (excluding diaryl/α,β-unsaturated/α-hetero) is 1. The number of nitrogens with one attached hydrogen (secondary N) is 1. The van der Waals surface area contributed by atoms with E-state index in [1.807, 2.05) is 37.3 Å². The zero-order valence-corrected chi connectivity index (χ0v) is 13.1. The van der Waals surface area contributed by atoms with E-state index in [1.165, 1.54) is 6.92 Å². The summed E-state index contributed by atoms with van der Waals surface area (Å²) in [6, 6.07) is 14.8. The van der Waals surface area contributed by atoms with Crippen LogP contribution in [0.25, 0.3) is 11.3 Å². The fraction of sp³-hybridized carbons (Fsp3) is 0.158. The van der Waals surface area contributed by atoms with E-state index in [0.717, 1.165) is 11.1 Å². The van der Waals surface area contributed by atoms with E-state index in [4.69, 9.17) is 4.74 Å². The molecule has 23 heavy (non-hydrogen) atoms. The quantitative estimate of drug-likeness (QED) is 0.532. The number of amides is 1. The Bertz CT molecular complexity index is 807. The summed E-state index contributed by atoms with van der Waals surface area (Å²) in [7, 11) is 0. The first kappa shape index (κ1) is 15.0. The van der Waals surface area contributed by atoms with Crippen LogP contribution in [-0.2, 0) is 9.53 Å². The van der Waals surface area contributed by atoms with E-state index in [1.54, 1.807) is 18.2 Å². The largest absolute Gasteiger partial charge is 0.492 e. The Morgan fingerprint density at radius 3 is 2.48 bits per heavy atom. The molecule has 0 unspecified atom stereocenters. The van der Waals surface area contributed by atoms with Gasteiger partial charge in [0.05, 0.1) is 12.2 Å². The molecule has 0 saturated heterocycles. The molecular formula is C19H17NO3. The topological polar surface area (TPSA) is 55.4 Å². The fourth-order valence-electron chi connectivity index (χ4n) is 2.65. The number of carbonyl (C=O) groups excluding carboxylic acids is 2. The summed E-state index contributed by atoms with van der Waals surface area (Å²) in [4.78, 5) is 24.0. The van der Waals surface area contributed by atoms with E-state index in [-0.39, 0.29) is 11.7 Å². The van der Waals surface area contributed by atoms with Crippen molar-refractivity contribution < 1.29 is 14.3 Å². The van der Waals surface area contributed by atoms with Crippen molar-refractivity contribution in [3.8, 4) is 0 Å². The van der Waals surface area contributed by atoms with Crippen LogP contribution >= 0.6 is 0 Å². The molecule has 2 aromatic carbocycles. The van der Waals surface area contributed by atoms with Crippen LogP contribution in [0.4, 0.5) is 5.69 Å². The number of hydrogen-bond donors (Lipinski definition) is 1. The molecule has 4 nitrogen and oxygen atoms in total.